The molecule has 0 amide bonds. The molecule has 2 heteroatoms. The Labute approximate surface area is 117 Å². The largest absolute Gasteiger partial charge is 0.393 e. The number of aliphatic hydroxyl groups is 1. The SMILES string of the molecule is CC(C)Cc1ccc(CNCC2CCC(O)C2)cc1. The van der Waals surface area contributed by atoms with Gasteiger partial charge in [-0.2, -0.15) is 0 Å². The summed E-state index contributed by atoms with van der Waals surface area (Å²) in [6.45, 7) is 6.48. The summed E-state index contributed by atoms with van der Waals surface area (Å²) in [5.41, 5.74) is 2.78. The molecule has 0 heterocycles. The molecule has 2 nitrogen and oxygen atoms in total. The monoisotopic (exact) mass is 261 g/mol. The van der Waals surface area contributed by atoms with E-state index in [1.807, 2.05) is 0 Å². The Morgan fingerprint density at radius 1 is 1.16 bits per heavy atom. The van der Waals surface area contributed by atoms with Crippen molar-refractivity contribution in [2.24, 2.45) is 11.8 Å². The van der Waals surface area contributed by atoms with Crippen LogP contribution in [-0.4, -0.2) is 17.8 Å². The lowest BCUT2D eigenvalue weighted by atomic mass is 10.0. The Bertz CT molecular complexity index is 371. The molecule has 1 aromatic carbocycles. The first-order valence-electron chi connectivity index (χ1n) is 7.60. The molecule has 2 N–H and O–H groups in total. The van der Waals surface area contributed by atoms with E-state index in [2.05, 4.69) is 43.4 Å². The highest BCUT2D eigenvalue weighted by Crippen LogP contribution is 2.24. The number of aliphatic hydroxyl groups excluding tert-OH is 1. The molecule has 1 aliphatic rings. The molecule has 19 heavy (non-hydrogen) atoms. The lowest BCUT2D eigenvalue weighted by molar-refractivity contribution is 0.177. The van der Waals surface area contributed by atoms with Crippen LogP contribution in [0.1, 0.15) is 44.2 Å². The molecule has 1 aliphatic carbocycles. The Kier molecular flexibility index (Phi) is 5.41. The molecule has 1 aromatic rings. The van der Waals surface area contributed by atoms with E-state index in [1.54, 1.807) is 0 Å². The topological polar surface area (TPSA) is 32.3 Å². The second kappa shape index (κ2) is 7.06. The van der Waals surface area contributed by atoms with Crippen molar-refractivity contribution in [3.63, 3.8) is 0 Å². The Morgan fingerprint density at radius 2 is 1.84 bits per heavy atom. The van der Waals surface area contributed by atoms with Crippen molar-refractivity contribution in [2.45, 2.75) is 52.2 Å². The second-order valence-corrected chi connectivity index (χ2v) is 6.38. The van der Waals surface area contributed by atoms with E-state index in [9.17, 15) is 5.11 Å². The molecule has 1 fully saturated rings. The van der Waals surface area contributed by atoms with Gasteiger partial charge in [0.05, 0.1) is 6.10 Å². The molecular formula is C17H27NO. The van der Waals surface area contributed by atoms with E-state index < -0.39 is 0 Å². The van der Waals surface area contributed by atoms with Crippen LogP contribution in [0.4, 0.5) is 0 Å². The van der Waals surface area contributed by atoms with Gasteiger partial charge in [-0.3, -0.25) is 0 Å². The normalized spacial score (nSPS) is 23.2. The minimum Gasteiger partial charge on any atom is -0.393 e. The molecule has 2 rings (SSSR count). The van der Waals surface area contributed by atoms with E-state index in [0.717, 1.165) is 38.3 Å². The van der Waals surface area contributed by atoms with Crippen LogP contribution >= 0.6 is 0 Å². The van der Waals surface area contributed by atoms with E-state index in [4.69, 9.17) is 0 Å². The summed E-state index contributed by atoms with van der Waals surface area (Å²) in [6.07, 6.45) is 4.23. The summed E-state index contributed by atoms with van der Waals surface area (Å²) in [7, 11) is 0. The summed E-state index contributed by atoms with van der Waals surface area (Å²) >= 11 is 0. The fourth-order valence-corrected chi connectivity index (χ4v) is 2.92. The molecule has 0 bridgehead atoms. The maximum absolute atomic E-state index is 9.49. The van der Waals surface area contributed by atoms with E-state index in [1.165, 1.54) is 17.5 Å². The Morgan fingerprint density at radius 3 is 2.42 bits per heavy atom. The van der Waals surface area contributed by atoms with Crippen LogP contribution < -0.4 is 5.32 Å². The summed E-state index contributed by atoms with van der Waals surface area (Å²) in [5.74, 6) is 1.38. The molecule has 0 spiro atoms. The minimum absolute atomic E-state index is 0.0536. The van der Waals surface area contributed by atoms with Crippen LogP contribution in [0.25, 0.3) is 0 Å². The van der Waals surface area contributed by atoms with Gasteiger partial charge in [0.15, 0.2) is 0 Å². The molecule has 0 aromatic heterocycles. The van der Waals surface area contributed by atoms with Crippen molar-refractivity contribution in [3.05, 3.63) is 35.4 Å². The van der Waals surface area contributed by atoms with Gasteiger partial charge in [-0.1, -0.05) is 38.1 Å². The van der Waals surface area contributed by atoms with Crippen LogP contribution in [0.3, 0.4) is 0 Å². The molecular weight excluding hydrogens is 234 g/mol. The minimum atomic E-state index is -0.0536. The standard InChI is InChI=1S/C17H27NO/c1-13(2)9-14-3-5-15(6-4-14)11-18-12-16-7-8-17(19)10-16/h3-6,13,16-19H,7-12H2,1-2H3. The van der Waals surface area contributed by atoms with Gasteiger partial charge >= 0.3 is 0 Å². The zero-order valence-electron chi connectivity index (χ0n) is 12.2. The number of nitrogens with one attached hydrogen (secondary N) is 1. The van der Waals surface area contributed by atoms with Crippen molar-refractivity contribution >= 4 is 0 Å². The van der Waals surface area contributed by atoms with Crippen molar-refractivity contribution in [1.29, 1.82) is 0 Å². The van der Waals surface area contributed by atoms with Gasteiger partial charge in [0.2, 0.25) is 0 Å². The average Bonchev–Trinajstić information content (AvgIpc) is 2.77. The fourth-order valence-electron chi connectivity index (χ4n) is 2.92. The van der Waals surface area contributed by atoms with Crippen molar-refractivity contribution in [1.82, 2.24) is 5.32 Å². The smallest absolute Gasteiger partial charge is 0.0543 e. The summed E-state index contributed by atoms with van der Waals surface area (Å²) in [6, 6.07) is 8.95. The summed E-state index contributed by atoms with van der Waals surface area (Å²) < 4.78 is 0. The second-order valence-electron chi connectivity index (χ2n) is 6.38. The number of rotatable bonds is 6. The Hall–Kier alpha value is -0.860. The lowest BCUT2D eigenvalue weighted by Gasteiger charge is -2.11. The maximum atomic E-state index is 9.49. The zero-order chi connectivity index (χ0) is 13.7. The van der Waals surface area contributed by atoms with Gasteiger partial charge in [0.25, 0.3) is 0 Å². The van der Waals surface area contributed by atoms with E-state index in [-0.39, 0.29) is 6.10 Å². The number of benzene rings is 1. The van der Waals surface area contributed by atoms with Gasteiger partial charge in [0.1, 0.15) is 0 Å². The summed E-state index contributed by atoms with van der Waals surface area (Å²) in [5, 5.41) is 13.0. The molecule has 2 atom stereocenters. The highest BCUT2D eigenvalue weighted by atomic mass is 16.3. The highest BCUT2D eigenvalue weighted by Gasteiger charge is 2.21. The van der Waals surface area contributed by atoms with E-state index >= 15 is 0 Å². The van der Waals surface area contributed by atoms with Crippen molar-refractivity contribution < 1.29 is 5.11 Å². The van der Waals surface area contributed by atoms with Crippen LogP contribution in [0.15, 0.2) is 24.3 Å². The molecule has 0 aliphatic heterocycles. The van der Waals surface area contributed by atoms with Gasteiger partial charge in [-0.15, -0.1) is 0 Å². The fraction of sp³-hybridized carbons (Fsp3) is 0.647. The van der Waals surface area contributed by atoms with Crippen LogP contribution in [0.2, 0.25) is 0 Å². The maximum Gasteiger partial charge on any atom is 0.0543 e. The van der Waals surface area contributed by atoms with Crippen LogP contribution in [0.5, 0.6) is 0 Å². The third-order valence-corrected chi connectivity index (χ3v) is 3.94. The quantitative estimate of drug-likeness (QED) is 0.824. The predicted octanol–water partition coefficient (Wildman–Crippen LogP) is 3.14. The molecule has 106 valence electrons. The average molecular weight is 261 g/mol. The van der Waals surface area contributed by atoms with E-state index in [0.29, 0.717) is 5.92 Å². The van der Waals surface area contributed by atoms with Crippen LogP contribution in [-0.2, 0) is 13.0 Å². The van der Waals surface area contributed by atoms with Crippen molar-refractivity contribution in [2.75, 3.05) is 6.54 Å². The summed E-state index contributed by atoms with van der Waals surface area (Å²) in [4.78, 5) is 0. The van der Waals surface area contributed by atoms with Gasteiger partial charge in [-0.25, -0.2) is 0 Å². The first-order valence-corrected chi connectivity index (χ1v) is 7.60. The van der Waals surface area contributed by atoms with Crippen LogP contribution in [0, 0.1) is 11.8 Å². The van der Waals surface area contributed by atoms with Gasteiger partial charge in [-0.05, 0) is 55.2 Å². The number of hydrogen-bond donors (Lipinski definition) is 2. The molecule has 0 radical (unpaired) electrons. The number of hydrogen-bond acceptors (Lipinski definition) is 2. The first kappa shape index (κ1) is 14.5. The Balaban J connectivity index is 1.71. The zero-order valence-corrected chi connectivity index (χ0v) is 12.2. The van der Waals surface area contributed by atoms with Crippen molar-refractivity contribution in [3.8, 4) is 0 Å². The molecule has 2 unspecified atom stereocenters. The van der Waals surface area contributed by atoms with Gasteiger partial charge in [0, 0.05) is 6.54 Å². The third kappa shape index (κ3) is 4.96. The molecule has 0 saturated heterocycles. The highest BCUT2D eigenvalue weighted by molar-refractivity contribution is 5.22. The third-order valence-electron chi connectivity index (χ3n) is 3.94. The lowest BCUT2D eigenvalue weighted by Crippen LogP contribution is -2.21. The first-order chi connectivity index (χ1) is 9.13. The molecule has 1 saturated carbocycles. The van der Waals surface area contributed by atoms with Gasteiger partial charge < -0.3 is 10.4 Å². The predicted molar refractivity (Wildman–Crippen MR) is 80.0 cm³/mol.